The Morgan fingerprint density at radius 1 is 1.35 bits per heavy atom. The van der Waals surface area contributed by atoms with Crippen molar-refractivity contribution in [3.05, 3.63) is 47.9 Å². The van der Waals surface area contributed by atoms with Gasteiger partial charge in [-0.25, -0.2) is 4.98 Å². The highest BCUT2D eigenvalue weighted by atomic mass is 16.3. The number of carbonyl (C=O) groups excluding carboxylic acids is 1. The molecule has 0 saturated heterocycles. The lowest BCUT2D eigenvalue weighted by Gasteiger charge is -2.04. The van der Waals surface area contributed by atoms with E-state index in [-0.39, 0.29) is 17.2 Å². The smallest absolute Gasteiger partial charge is 0.258 e. The summed E-state index contributed by atoms with van der Waals surface area (Å²) in [6.45, 7) is 1.91. The molecule has 0 spiro atoms. The monoisotopic (exact) mass is 229 g/mol. The molecule has 0 aliphatic heterocycles. The van der Waals surface area contributed by atoms with Crippen LogP contribution in [0, 0.1) is 6.92 Å². The van der Waals surface area contributed by atoms with Crippen molar-refractivity contribution in [1.29, 1.82) is 0 Å². The molecule has 0 saturated carbocycles. The molecule has 0 atom stereocenters. The molecular formula is C12H11N3O2. The van der Waals surface area contributed by atoms with Crippen LogP contribution in [0.15, 0.2) is 36.8 Å². The number of rotatable bonds is 2. The zero-order valence-electron chi connectivity index (χ0n) is 9.21. The Hall–Kier alpha value is -2.43. The van der Waals surface area contributed by atoms with Gasteiger partial charge in [0.2, 0.25) is 0 Å². The van der Waals surface area contributed by atoms with Crippen molar-refractivity contribution in [3.8, 4) is 5.75 Å². The lowest BCUT2D eigenvalue weighted by Crippen LogP contribution is -2.13. The SMILES string of the molecule is Cc1ccnc(NC(=O)c2cncc(O)c2)c1. The van der Waals surface area contributed by atoms with Crippen LogP contribution in [0.2, 0.25) is 0 Å². The fourth-order valence-corrected chi connectivity index (χ4v) is 1.34. The number of aromatic hydroxyl groups is 1. The van der Waals surface area contributed by atoms with Crippen molar-refractivity contribution < 1.29 is 9.90 Å². The highest BCUT2D eigenvalue weighted by molar-refractivity contribution is 6.03. The minimum absolute atomic E-state index is 0.0464. The zero-order chi connectivity index (χ0) is 12.3. The average molecular weight is 229 g/mol. The van der Waals surface area contributed by atoms with Gasteiger partial charge in [0.15, 0.2) is 0 Å². The summed E-state index contributed by atoms with van der Waals surface area (Å²) in [5.74, 6) is 0.0692. The summed E-state index contributed by atoms with van der Waals surface area (Å²) in [6.07, 6.45) is 4.26. The van der Waals surface area contributed by atoms with Crippen LogP contribution in [0.25, 0.3) is 0 Å². The van der Waals surface area contributed by atoms with Crippen LogP contribution in [-0.4, -0.2) is 21.0 Å². The lowest BCUT2D eigenvalue weighted by atomic mass is 10.2. The van der Waals surface area contributed by atoms with Gasteiger partial charge in [0.25, 0.3) is 5.91 Å². The van der Waals surface area contributed by atoms with E-state index in [0.717, 1.165) is 5.56 Å². The van der Waals surface area contributed by atoms with Gasteiger partial charge in [-0.1, -0.05) is 0 Å². The van der Waals surface area contributed by atoms with Crippen molar-refractivity contribution in [1.82, 2.24) is 9.97 Å². The number of hydrogen-bond donors (Lipinski definition) is 2. The summed E-state index contributed by atoms with van der Waals surface area (Å²) >= 11 is 0. The summed E-state index contributed by atoms with van der Waals surface area (Å²) in [4.78, 5) is 19.5. The molecule has 0 aliphatic rings. The topological polar surface area (TPSA) is 75.1 Å². The first-order valence-electron chi connectivity index (χ1n) is 5.03. The standard InChI is InChI=1S/C12H11N3O2/c1-8-2-3-14-11(4-8)15-12(17)9-5-10(16)7-13-6-9/h2-7,16H,1H3,(H,14,15,17). The molecule has 86 valence electrons. The Kier molecular flexibility index (Phi) is 3.00. The Morgan fingerprint density at radius 3 is 2.88 bits per heavy atom. The van der Waals surface area contributed by atoms with Crippen LogP contribution in [0.1, 0.15) is 15.9 Å². The van der Waals surface area contributed by atoms with E-state index in [4.69, 9.17) is 0 Å². The fourth-order valence-electron chi connectivity index (χ4n) is 1.34. The molecule has 17 heavy (non-hydrogen) atoms. The van der Waals surface area contributed by atoms with E-state index >= 15 is 0 Å². The first-order chi connectivity index (χ1) is 8.15. The first-order valence-corrected chi connectivity index (χ1v) is 5.03. The molecule has 0 fully saturated rings. The Labute approximate surface area is 98.2 Å². The van der Waals surface area contributed by atoms with Crippen molar-refractivity contribution >= 4 is 11.7 Å². The number of pyridine rings is 2. The van der Waals surface area contributed by atoms with Gasteiger partial charge < -0.3 is 10.4 Å². The quantitative estimate of drug-likeness (QED) is 0.822. The zero-order valence-corrected chi connectivity index (χ0v) is 9.21. The molecule has 0 aliphatic carbocycles. The normalized spacial score (nSPS) is 9.94. The predicted octanol–water partition coefficient (Wildman–Crippen LogP) is 1.74. The van der Waals surface area contributed by atoms with Crippen molar-refractivity contribution in [3.63, 3.8) is 0 Å². The van der Waals surface area contributed by atoms with Crippen molar-refractivity contribution in [2.45, 2.75) is 6.92 Å². The molecule has 2 rings (SSSR count). The van der Waals surface area contributed by atoms with Gasteiger partial charge in [0, 0.05) is 12.4 Å². The molecule has 5 heteroatoms. The number of amides is 1. The Morgan fingerprint density at radius 2 is 2.18 bits per heavy atom. The average Bonchev–Trinajstić information content (AvgIpc) is 2.29. The van der Waals surface area contributed by atoms with Gasteiger partial charge in [0.1, 0.15) is 11.6 Å². The van der Waals surface area contributed by atoms with Gasteiger partial charge in [-0.3, -0.25) is 9.78 Å². The molecule has 0 unspecified atom stereocenters. The molecule has 2 heterocycles. The van der Waals surface area contributed by atoms with Gasteiger partial charge in [-0.2, -0.15) is 0 Å². The van der Waals surface area contributed by atoms with Crippen LogP contribution in [0.4, 0.5) is 5.82 Å². The summed E-state index contributed by atoms with van der Waals surface area (Å²) in [5, 5.41) is 11.8. The number of aromatic nitrogens is 2. The van der Waals surface area contributed by atoms with Gasteiger partial charge >= 0.3 is 0 Å². The predicted molar refractivity (Wildman–Crippen MR) is 62.8 cm³/mol. The largest absolute Gasteiger partial charge is 0.506 e. The fraction of sp³-hybridized carbons (Fsp3) is 0.0833. The maximum Gasteiger partial charge on any atom is 0.258 e. The van der Waals surface area contributed by atoms with Crippen LogP contribution >= 0.6 is 0 Å². The van der Waals surface area contributed by atoms with Crippen molar-refractivity contribution in [2.24, 2.45) is 0 Å². The Balaban J connectivity index is 2.17. The molecule has 2 aromatic heterocycles. The van der Waals surface area contributed by atoms with E-state index in [1.54, 1.807) is 12.3 Å². The van der Waals surface area contributed by atoms with Crippen LogP contribution in [0.3, 0.4) is 0 Å². The molecule has 0 bridgehead atoms. The van der Waals surface area contributed by atoms with Gasteiger partial charge in [0.05, 0.1) is 11.8 Å². The minimum Gasteiger partial charge on any atom is -0.506 e. The summed E-state index contributed by atoms with van der Waals surface area (Å²) in [5.41, 5.74) is 1.29. The molecule has 1 amide bonds. The van der Waals surface area contributed by atoms with Crippen LogP contribution in [0.5, 0.6) is 5.75 Å². The second-order valence-corrected chi connectivity index (χ2v) is 3.60. The summed E-state index contributed by atoms with van der Waals surface area (Å²) < 4.78 is 0. The molecule has 2 N–H and O–H groups in total. The molecule has 0 aromatic carbocycles. The number of carbonyl (C=O) groups is 1. The third-order valence-electron chi connectivity index (χ3n) is 2.14. The molecule has 2 aromatic rings. The highest BCUT2D eigenvalue weighted by Gasteiger charge is 2.07. The van der Waals surface area contributed by atoms with E-state index in [2.05, 4.69) is 15.3 Å². The van der Waals surface area contributed by atoms with E-state index < -0.39 is 0 Å². The Bertz CT molecular complexity index is 555. The number of aryl methyl sites for hydroxylation is 1. The third-order valence-corrected chi connectivity index (χ3v) is 2.14. The molecule has 0 radical (unpaired) electrons. The van der Waals surface area contributed by atoms with Gasteiger partial charge in [-0.15, -0.1) is 0 Å². The van der Waals surface area contributed by atoms with Gasteiger partial charge in [-0.05, 0) is 30.7 Å². The highest BCUT2D eigenvalue weighted by Crippen LogP contribution is 2.11. The number of nitrogens with one attached hydrogen (secondary N) is 1. The lowest BCUT2D eigenvalue weighted by molar-refractivity contribution is 0.102. The van der Waals surface area contributed by atoms with E-state index in [9.17, 15) is 9.90 Å². The van der Waals surface area contributed by atoms with E-state index in [1.807, 2.05) is 13.0 Å². The van der Waals surface area contributed by atoms with E-state index in [1.165, 1.54) is 18.5 Å². The number of anilines is 1. The minimum atomic E-state index is -0.355. The second kappa shape index (κ2) is 4.61. The molecular weight excluding hydrogens is 218 g/mol. The van der Waals surface area contributed by atoms with E-state index in [0.29, 0.717) is 5.82 Å². The molecule has 5 nitrogen and oxygen atoms in total. The first kappa shape index (κ1) is 11.1. The number of nitrogens with zero attached hydrogens (tertiary/aromatic N) is 2. The second-order valence-electron chi connectivity index (χ2n) is 3.60. The number of hydrogen-bond acceptors (Lipinski definition) is 4. The maximum absolute atomic E-state index is 11.8. The van der Waals surface area contributed by atoms with Crippen LogP contribution in [-0.2, 0) is 0 Å². The summed E-state index contributed by atoms with van der Waals surface area (Å²) in [7, 11) is 0. The van der Waals surface area contributed by atoms with Crippen molar-refractivity contribution in [2.75, 3.05) is 5.32 Å². The van der Waals surface area contributed by atoms with Crippen LogP contribution < -0.4 is 5.32 Å². The third kappa shape index (κ3) is 2.78. The maximum atomic E-state index is 11.8. The summed E-state index contributed by atoms with van der Waals surface area (Å²) in [6, 6.07) is 4.94.